The fourth-order valence-corrected chi connectivity index (χ4v) is 4.20. The Morgan fingerprint density at radius 3 is 2.79 bits per heavy atom. The second-order valence-electron chi connectivity index (χ2n) is 8.27. The van der Waals surface area contributed by atoms with Crippen molar-refractivity contribution in [3.63, 3.8) is 0 Å². The number of hydrogen-bond donors (Lipinski definition) is 1. The second kappa shape index (κ2) is 9.24. The average Bonchev–Trinajstić information content (AvgIpc) is 3.50. The third-order valence-electron chi connectivity index (χ3n) is 6.02. The van der Waals surface area contributed by atoms with Crippen LogP contribution >= 0.6 is 0 Å². The SMILES string of the molecule is COc1ccccc1-c1cn2c(n1)CN(C(=O)Cc1cnc(Cc3ccc(C#N)cc3)[nH]1)CC2. The van der Waals surface area contributed by atoms with Crippen molar-refractivity contribution in [2.45, 2.75) is 25.9 Å². The number of hydrogen-bond acceptors (Lipinski definition) is 5. The van der Waals surface area contributed by atoms with Crippen LogP contribution in [0.3, 0.4) is 0 Å². The highest BCUT2D eigenvalue weighted by Gasteiger charge is 2.24. The highest BCUT2D eigenvalue weighted by atomic mass is 16.5. The van der Waals surface area contributed by atoms with Crippen molar-refractivity contribution in [1.82, 2.24) is 24.4 Å². The standard InChI is InChI=1S/C26H24N6O2/c1-34-23-5-3-2-4-21(23)22-16-31-10-11-32(17-25(31)30-22)26(33)13-20-15-28-24(29-20)12-18-6-8-19(14-27)9-7-18/h2-9,15-16H,10-13,17H2,1H3,(H,28,29). The largest absolute Gasteiger partial charge is 0.496 e. The number of nitrogens with zero attached hydrogens (tertiary/aromatic N) is 5. The van der Waals surface area contributed by atoms with Gasteiger partial charge in [0.25, 0.3) is 0 Å². The number of amides is 1. The summed E-state index contributed by atoms with van der Waals surface area (Å²) in [4.78, 5) is 27.3. The summed E-state index contributed by atoms with van der Waals surface area (Å²) in [5.41, 5.74) is 4.27. The fourth-order valence-electron chi connectivity index (χ4n) is 4.20. The molecule has 0 fully saturated rings. The Balaban J connectivity index is 1.23. The van der Waals surface area contributed by atoms with E-state index in [0.717, 1.165) is 39.9 Å². The van der Waals surface area contributed by atoms with Crippen LogP contribution in [0.25, 0.3) is 11.3 Å². The van der Waals surface area contributed by atoms with Gasteiger partial charge in [-0.3, -0.25) is 4.79 Å². The molecule has 5 rings (SSSR count). The van der Waals surface area contributed by atoms with E-state index in [1.54, 1.807) is 25.4 Å². The highest BCUT2D eigenvalue weighted by Crippen LogP contribution is 2.29. The second-order valence-corrected chi connectivity index (χ2v) is 8.27. The summed E-state index contributed by atoms with van der Waals surface area (Å²) < 4.78 is 7.58. The number of rotatable bonds is 6. The quantitative estimate of drug-likeness (QED) is 0.484. The van der Waals surface area contributed by atoms with Gasteiger partial charge < -0.3 is 19.2 Å². The van der Waals surface area contributed by atoms with Crippen LogP contribution in [0.15, 0.2) is 60.9 Å². The van der Waals surface area contributed by atoms with Gasteiger partial charge in [0.1, 0.15) is 17.4 Å². The van der Waals surface area contributed by atoms with Crippen molar-refractivity contribution < 1.29 is 9.53 Å². The summed E-state index contributed by atoms with van der Waals surface area (Å²) in [7, 11) is 1.65. The molecular weight excluding hydrogens is 428 g/mol. The lowest BCUT2D eigenvalue weighted by Gasteiger charge is -2.27. The van der Waals surface area contributed by atoms with Gasteiger partial charge in [-0.05, 0) is 29.8 Å². The molecule has 0 atom stereocenters. The Bertz CT molecular complexity index is 1360. The van der Waals surface area contributed by atoms with Gasteiger partial charge in [0.05, 0.1) is 37.4 Å². The summed E-state index contributed by atoms with van der Waals surface area (Å²) in [5, 5.41) is 8.93. The van der Waals surface area contributed by atoms with E-state index in [2.05, 4.69) is 20.6 Å². The first-order valence-electron chi connectivity index (χ1n) is 11.1. The summed E-state index contributed by atoms with van der Waals surface area (Å²) >= 11 is 0. The molecule has 0 saturated carbocycles. The lowest BCUT2D eigenvalue weighted by Crippen LogP contribution is -2.39. The molecule has 4 aromatic rings. The van der Waals surface area contributed by atoms with Crippen LogP contribution in [0.4, 0.5) is 0 Å². The third kappa shape index (κ3) is 4.41. The smallest absolute Gasteiger partial charge is 0.229 e. The van der Waals surface area contributed by atoms with Crippen molar-refractivity contribution >= 4 is 5.91 Å². The first-order valence-corrected chi connectivity index (χ1v) is 11.1. The van der Waals surface area contributed by atoms with Crippen molar-refractivity contribution in [3.05, 3.63) is 89.4 Å². The van der Waals surface area contributed by atoms with Crippen LogP contribution in [0.1, 0.15) is 28.5 Å². The Hall–Kier alpha value is -4.38. The van der Waals surface area contributed by atoms with Crippen LogP contribution in [0, 0.1) is 11.3 Å². The summed E-state index contributed by atoms with van der Waals surface area (Å²) in [6, 6.07) is 17.4. The molecule has 2 aromatic carbocycles. The number of fused-ring (bicyclic) bond motifs is 1. The third-order valence-corrected chi connectivity index (χ3v) is 6.02. The lowest BCUT2D eigenvalue weighted by molar-refractivity contribution is -0.132. The molecular formula is C26H24N6O2. The minimum Gasteiger partial charge on any atom is -0.496 e. The molecule has 1 N–H and O–H groups in total. The zero-order valence-corrected chi connectivity index (χ0v) is 18.9. The van der Waals surface area contributed by atoms with Gasteiger partial charge in [0.15, 0.2) is 0 Å². The molecule has 8 heteroatoms. The minimum absolute atomic E-state index is 0.0432. The molecule has 3 heterocycles. The number of carbonyl (C=O) groups is 1. The number of para-hydroxylation sites is 1. The highest BCUT2D eigenvalue weighted by molar-refractivity contribution is 5.78. The molecule has 1 amide bonds. The van der Waals surface area contributed by atoms with Gasteiger partial charge in [0.2, 0.25) is 5.91 Å². The number of aromatic amines is 1. The van der Waals surface area contributed by atoms with E-state index in [4.69, 9.17) is 15.0 Å². The van der Waals surface area contributed by atoms with Crippen LogP contribution in [-0.4, -0.2) is 44.0 Å². The van der Waals surface area contributed by atoms with Crippen LogP contribution in [-0.2, 0) is 30.7 Å². The molecule has 170 valence electrons. The van der Waals surface area contributed by atoms with E-state index in [1.807, 2.05) is 47.5 Å². The Morgan fingerprint density at radius 1 is 1.18 bits per heavy atom. The predicted molar refractivity (Wildman–Crippen MR) is 126 cm³/mol. The van der Waals surface area contributed by atoms with Crippen molar-refractivity contribution in [3.8, 4) is 23.1 Å². The molecule has 0 spiro atoms. The van der Waals surface area contributed by atoms with Crippen LogP contribution in [0.2, 0.25) is 0 Å². The van der Waals surface area contributed by atoms with E-state index in [0.29, 0.717) is 31.6 Å². The molecule has 2 aromatic heterocycles. The molecule has 0 saturated heterocycles. The zero-order chi connectivity index (χ0) is 23.5. The first kappa shape index (κ1) is 21.5. The van der Waals surface area contributed by atoms with Crippen LogP contribution < -0.4 is 4.74 Å². The molecule has 0 bridgehead atoms. The van der Waals surface area contributed by atoms with E-state index >= 15 is 0 Å². The maximum Gasteiger partial charge on any atom is 0.229 e. The number of ether oxygens (including phenoxy) is 1. The van der Waals surface area contributed by atoms with Gasteiger partial charge >= 0.3 is 0 Å². The number of methoxy groups -OCH3 is 1. The monoisotopic (exact) mass is 452 g/mol. The molecule has 0 aliphatic carbocycles. The molecule has 8 nitrogen and oxygen atoms in total. The number of H-pyrrole nitrogens is 1. The van der Waals surface area contributed by atoms with Crippen LogP contribution in [0.5, 0.6) is 5.75 Å². The van der Waals surface area contributed by atoms with Gasteiger partial charge in [-0.2, -0.15) is 5.26 Å². The maximum absolute atomic E-state index is 13.0. The van der Waals surface area contributed by atoms with Crippen molar-refractivity contribution in [2.24, 2.45) is 0 Å². The fraction of sp³-hybridized carbons (Fsp3) is 0.231. The van der Waals surface area contributed by atoms with Gasteiger partial charge in [-0.1, -0.05) is 24.3 Å². The number of imidazole rings is 2. The van der Waals surface area contributed by atoms with E-state index in [1.165, 1.54) is 0 Å². The maximum atomic E-state index is 13.0. The van der Waals surface area contributed by atoms with Gasteiger partial charge in [-0.15, -0.1) is 0 Å². The summed E-state index contributed by atoms with van der Waals surface area (Å²) in [5.74, 6) is 2.48. The molecule has 1 aliphatic heterocycles. The lowest BCUT2D eigenvalue weighted by atomic mass is 10.1. The Kier molecular flexibility index (Phi) is 5.83. The molecule has 34 heavy (non-hydrogen) atoms. The Labute approximate surface area is 197 Å². The number of carbonyl (C=O) groups excluding carboxylic acids is 1. The Morgan fingerprint density at radius 2 is 2.00 bits per heavy atom. The van der Waals surface area contributed by atoms with E-state index in [9.17, 15) is 4.79 Å². The van der Waals surface area contributed by atoms with E-state index < -0.39 is 0 Å². The van der Waals surface area contributed by atoms with Crippen molar-refractivity contribution in [2.75, 3.05) is 13.7 Å². The summed E-state index contributed by atoms with van der Waals surface area (Å²) in [6.45, 7) is 1.82. The molecule has 0 unspecified atom stereocenters. The average molecular weight is 453 g/mol. The normalized spacial score (nSPS) is 12.8. The van der Waals surface area contributed by atoms with E-state index in [-0.39, 0.29) is 12.3 Å². The predicted octanol–water partition coefficient (Wildman–Crippen LogP) is 3.33. The number of aromatic nitrogens is 4. The topological polar surface area (TPSA) is 99.8 Å². The molecule has 0 radical (unpaired) electrons. The van der Waals surface area contributed by atoms with Gasteiger partial charge in [-0.25, -0.2) is 9.97 Å². The number of benzene rings is 2. The van der Waals surface area contributed by atoms with Gasteiger partial charge in [0, 0.05) is 43.2 Å². The first-order chi connectivity index (χ1) is 16.6. The summed E-state index contributed by atoms with van der Waals surface area (Å²) in [6.07, 6.45) is 4.63. The van der Waals surface area contributed by atoms with Crippen molar-refractivity contribution in [1.29, 1.82) is 5.26 Å². The zero-order valence-electron chi connectivity index (χ0n) is 18.9. The number of nitriles is 1. The molecule has 1 aliphatic rings. The minimum atomic E-state index is 0.0432. The number of nitrogens with one attached hydrogen (secondary N) is 1.